The van der Waals surface area contributed by atoms with Crippen molar-refractivity contribution in [2.24, 2.45) is 10.9 Å². The molecule has 100 valence electrons. The molecule has 0 radical (unpaired) electrons. The molecule has 1 aromatic rings. The van der Waals surface area contributed by atoms with Crippen LogP contribution in [0, 0.1) is 5.92 Å². The molecule has 4 heteroatoms. The van der Waals surface area contributed by atoms with Crippen LogP contribution in [0.1, 0.15) is 44.5 Å². The Kier molecular flexibility index (Phi) is 5.13. The van der Waals surface area contributed by atoms with Crippen LogP contribution in [0.3, 0.4) is 0 Å². The molecule has 1 aliphatic rings. The molecule has 0 amide bonds. The van der Waals surface area contributed by atoms with Gasteiger partial charge in [-0.15, -0.1) is 11.3 Å². The molecule has 0 bridgehead atoms. The van der Waals surface area contributed by atoms with Crippen molar-refractivity contribution in [2.75, 3.05) is 5.75 Å². The monoisotopic (exact) mass is 282 g/mol. The van der Waals surface area contributed by atoms with Gasteiger partial charge in [0.15, 0.2) is 5.17 Å². The van der Waals surface area contributed by atoms with E-state index in [2.05, 4.69) is 43.6 Å². The van der Waals surface area contributed by atoms with Gasteiger partial charge in [-0.1, -0.05) is 38.6 Å². The van der Waals surface area contributed by atoms with E-state index in [-0.39, 0.29) is 0 Å². The molecule has 2 heterocycles. The predicted molar refractivity (Wildman–Crippen MR) is 83.6 cm³/mol. The van der Waals surface area contributed by atoms with Gasteiger partial charge in [0.2, 0.25) is 0 Å². The minimum absolute atomic E-state index is 0.419. The first-order valence-corrected chi connectivity index (χ1v) is 8.57. The first-order valence-electron chi connectivity index (χ1n) is 6.71. The Balaban J connectivity index is 2.03. The molecule has 2 atom stereocenters. The Bertz CT molecular complexity index is 385. The summed E-state index contributed by atoms with van der Waals surface area (Å²) >= 11 is 3.69. The third-order valence-corrected chi connectivity index (χ3v) is 5.22. The van der Waals surface area contributed by atoms with E-state index in [4.69, 9.17) is 4.99 Å². The first-order chi connectivity index (χ1) is 8.70. The van der Waals surface area contributed by atoms with Gasteiger partial charge in [-0.25, -0.2) is 0 Å². The van der Waals surface area contributed by atoms with Crippen LogP contribution in [0.5, 0.6) is 0 Å². The van der Waals surface area contributed by atoms with E-state index < -0.39 is 0 Å². The lowest BCUT2D eigenvalue weighted by atomic mass is 10.0. The van der Waals surface area contributed by atoms with Crippen LogP contribution < -0.4 is 5.32 Å². The van der Waals surface area contributed by atoms with Crippen LogP contribution in [-0.2, 0) is 0 Å². The van der Waals surface area contributed by atoms with Crippen molar-refractivity contribution in [1.82, 2.24) is 5.32 Å². The second-order valence-corrected chi connectivity index (χ2v) is 7.07. The zero-order valence-electron chi connectivity index (χ0n) is 11.3. The van der Waals surface area contributed by atoms with Gasteiger partial charge >= 0.3 is 0 Å². The van der Waals surface area contributed by atoms with E-state index in [0.29, 0.717) is 18.0 Å². The fourth-order valence-electron chi connectivity index (χ4n) is 2.10. The molecule has 1 aromatic heterocycles. The molecule has 0 aliphatic carbocycles. The summed E-state index contributed by atoms with van der Waals surface area (Å²) in [5.74, 6) is 1.83. The first kappa shape index (κ1) is 13.9. The number of hydrogen-bond donors (Lipinski definition) is 1. The molecular formula is C14H22N2S2. The molecule has 0 aromatic carbocycles. The highest BCUT2D eigenvalue weighted by Gasteiger charge is 2.20. The summed E-state index contributed by atoms with van der Waals surface area (Å²) in [4.78, 5) is 6.26. The molecule has 0 saturated heterocycles. The van der Waals surface area contributed by atoms with Crippen LogP contribution in [-0.4, -0.2) is 17.0 Å². The van der Waals surface area contributed by atoms with Gasteiger partial charge in [0, 0.05) is 10.6 Å². The second kappa shape index (κ2) is 6.62. The fourth-order valence-corrected chi connectivity index (χ4v) is 3.95. The normalized spacial score (nSPS) is 21.8. The van der Waals surface area contributed by atoms with Gasteiger partial charge in [-0.05, 0) is 30.2 Å². The molecule has 2 rings (SSSR count). The molecule has 1 N–H and O–H groups in total. The van der Waals surface area contributed by atoms with Crippen LogP contribution in [0.4, 0.5) is 0 Å². The van der Waals surface area contributed by atoms with E-state index in [0.717, 1.165) is 11.6 Å². The van der Waals surface area contributed by atoms with E-state index in [1.165, 1.54) is 17.1 Å². The molecule has 0 saturated carbocycles. The highest BCUT2D eigenvalue weighted by molar-refractivity contribution is 8.13. The maximum atomic E-state index is 4.85. The highest BCUT2D eigenvalue weighted by atomic mass is 32.2. The third-order valence-electron chi connectivity index (χ3n) is 3.30. The van der Waals surface area contributed by atoms with Crippen LogP contribution in [0.2, 0.25) is 0 Å². The van der Waals surface area contributed by atoms with Crippen molar-refractivity contribution in [1.29, 1.82) is 0 Å². The summed E-state index contributed by atoms with van der Waals surface area (Å²) in [6, 6.07) is 5.24. The van der Waals surface area contributed by atoms with Gasteiger partial charge in [0.1, 0.15) is 0 Å². The maximum absolute atomic E-state index is 4.85. The summed E-state index contributed by atoms with van der Waals surface area (Å²) in [7, 11) is 0. The molecule has 0 spiro atoms. The van der Waals surface area contributed by atoms with E-state index in [1.54, 1.807) is 0 Å². The van der Waals surface area contributed by atoms with Crippen molar-refractivity contribution in [3.05, 3.63) is 22.4 Å². The summed E-state index contributed by atoms with van der Waals surface area (Å²) in [5.41, 5.74) is 0. The lowest BCUT2D eigenvalue weighted by molar-refractivity contribution is 0.481. The number of hydrogen-bond acceptors (Lipinski definition) is 4. The number of thiophene rings is 1. The number of rotatable bonds is 4. The minimum Gasteiger partial charge on any atom is -0.357 e. The number of thioether (sulfide) groups is 1. The van der Waals surface area contributed by atoms with Crippen LogP contribution in [0.25, 0.3) is 0 Å². The Morgan fingerprint density at radius 2 is 2.33 bits per heavy atom. The molecule has 18 heavy (non-hydrogen) atoms. The summed E-state index contributed by atoms with van der Waals surface area (Å²) in [5, 5.41) is 6.90. The molecule has 1 aliphatic heterocycles. The topological polar surface area (TPSA) is 24.4 Å². The summed E-state index contributed by atoms with van der Waals surface area (Å²) in [6.45, 7) is 6.75. The number of nitrogens with one attached hydrogen (secondary N) is 1. The van der Waals surface area contributed by atoms with Gasteiger partial charge in [0.05, 0.1) is 12.1 Å². The Labute approximate surface area is 118 Å². The Morgan fingerprint density at radius 3 is 2.94 bits per heavy atom. The van der Waals surface area contributed by atoms with Crippen molar-refractivity contribution in [3.8, 4) is 0 Å². The van der Waals surface area contributed by atoms with E-state index in [9.17, 15) is 0 Å². The average Bonchev–Trinajstić information content (AvgIpc) is 2.90. The average molecular weight is 282 g/mol. The zero-order chi connectivity index (χ0) is 13.0. The molecule has 2 unspecified atom stereocenters. The zero-order valence-corrected chi connectivity index (χ0v) is 13.0. The van der Waals surface area contributed by atoms with Crippen molar-refractivity contribution in [2.45, 2.75) is 45.7 Å². The Morgan fingerprint density at radius 1 is 1.50 bits per heavy atom. The minimum atomic E-state index is 0.419. The van der Waals surface area contributed by atoms with Crippen LogP contribution in [0.15, 0.2) is 22.5 Å². The third kappa shape index (κ3) is 3.51. The Hall–Kier alpha value is -0.480. The quantitative estimate of drug-likeness (QED) is 0.890. The number of amidine groups is 1. The van der Waals surface area contributed by atoms with Gasteiger partial charge in [0.25, 0.3) is 0 Å². The van der Waals surface area contributed by atoms with Crippen molar-refractivity contribution in [3.63, 3.8) is 0 Å². The highest BCUT2D eigenvalue weighted by Crippen LogP contribution is 2.26. The molecular weight excluding hydrogens is 260 g/mol. The molecule has 2 nitrogen and oxygen atoms in total. The fraction of sp³-hybridized carbons (Fsp3) is 0.643. The molecule has 0 fully saturated rings. The standard InChI is InChI=1S/C14H22N2S2/c1-4-11(13-6-5-8-17-13)15-14-16-12(10(2)3)7-9-18-14/h5-6,8,10-12H,4,7,9H2,1-3H3,(H,15,16). The summed E-state index contributed by atoms with van der Waals surface area (Å²) in [6.07, 6.45) is 2.32. The van der Waals surface area contributed by atoms with Crippen LogP contribution >= 0.6 is 23.1 Å². The van der Waals surface area contributed by atoms with Crippen molar-refractivity contribution >= 4 is 28.3 Å². The predicted octanol–water partition coefficient (Wildman–Crippen LogP) is 4.31. The van der Waals surface area contributed by atoms with E-state index >= 15 is 0 Å². The summed E-state index contributed by atoms with van der Waals surface area (Å²) < 4.78 is 0. The lowest BCUT2D eigenvalue weighted by Gasteiger charge is -2.26. The SMILES string of the molecule is CCC(NC1=NC(C(C)C)CCS1)c1cccs1. The smallest absolute Gasteiger partial charge is 0.157 e. The van der Waals surface area contributed by atoms with Crippen molar-refractivity contribution < 1.29 is 0 Å². The van der Waals surface area contributed by atoms with Gasteiger partial charge in [-0.3, -0.25) is 4.99 Å². The number of aliphatic imine (C=N–C) groups is 1. The maximum Gasteiger partial charge on any atom is 0.157 e. The largest absolute Gasteiger partial charge is 0.357 e. The lowest BCUT2D eigenvalue weighted by Crippen LogP contribution is -2.31. The number of nitrogens with zero attached hydrogens (tertiary/aromatic N) is 1. The van der Waals surface area contributed by atoms with E-state index in [1.807, 2.05) is 23.1 Å². The second-order valence-electron chi connectivity index (χ2n) is 5.00. The van der Waals surface area contributed by atoms with Gasteiger partial charge in [-0.2, -0.15) is 0 Å². The van der Waals surface area contributed by atoms with Gasteiger partial charge < -0.3 is 5.32 Å².